The fourth-order valence-corrected chi connectivity index (χ4v) is 3.53. The van der Waals surface area contributed by atoms with Gasteiger partial charge < -0.3 is 19.9 Å². The van der Waals surface area contributed by atoms with Gasteiger partial charge in [0, 0.05) is 26.2 Å². The van der Waals surface area contributed by atoms with E-state index >= 15 is 0 Å². The number of hydrogen-bond acceptors (Lipinski definition) is 5. The number of ether oxygens (including phenoxy) is 1. The van der Waals surface area contributed by atoms with E-state index in [-0.39, 0.29) is 5.91 Å². The van der Waals surface area contributed by atoms with Crippen molar-refractivity contribution < 1.29 is 9.53 Å². The third kappa shape index (κ3) is 3.65. The highest BCUT2D eigenvalue weighted by molar-refractivity contribution is 6.04. The number of hydrogen-bond donors (Lipinski definition) is 1. The minimum Gasteiger partial charge on any atom is -0.378 e. The van der Waals surface area contributed by atoms with Crippen LogP contribution in [0.5, 0.6) is 0 Å². The molecule has 0 saturated carbocycles. The van der Waals surface area contributed by atoms with Crippen molar-refractivity contribution >= 4 is 23.0 Å². The summed E-state index contributed by atoms with van der Waals surface area (Å²) in [6, 6.07) is 11.7. The molecule has 0 atom stereocenters. The van der Waals surface area contributed by atoms with Gasteiger partial charge in [-0.2, -0.15) is 0 Å². The minimum absolute atomic E-state index is 0.182. The summed E-state index contributed by atoms with van der Waals surface area (Å²) in [5.41, 5.74) is 3.36. The Balaban J connectivity index is 1.47. The SMILES string of the molecule is O=C(Nc1ccccc1N1CCOCC1)c1ccc(N2CCCC2)cn1. The molecule has 6 nitrogen and oxygen atoms in total. The second-order valence-corrected chi connectivity index (χ2v) is 6.67. The normalized spacial score (nSPS) is 17.4. The summed E-state index contributed by atoms with van der Waals surface area (Å²) in [7, 11) is 0. The van der Waals surface area contributed by atoms with Crippen LogP contribution in [-0.2, 0) is 4.74 Å². The van der Waals surface area contributed by atoms with Gasteiger partial charge in [0.15, 0.2) is 0 Å². The molecule has 0 spiro atoms. The summed E-state index contributed by atoms with van der Waals surface area (Å²) in [5, 5.41) is 3.02. The number of morpholine rings is 1. The van der Waals surface area contributed by atoms with E-state index in [1.165, 1.54) is 12.8 Å². The number of rotatable bonds is 4. The standard InChI is InChI=1S/C20H24N4O2/c25-20(18-8-7-16(15-21-18)23-9-3-4-10-23)22-17-5-1-2-6-19(17)24-11-13-26-14-12-24/h1-2,5-8,15H,3-4,9-14H2,(H,22,25). The number of amides is 1. The van der Waals surface area contributed by atoms with Crippen LogP contribution >= 0.6 is 0 Å². The maximum atomic E-state index is 12.7. The fourth-order valence-electron chi connectivity index (χ4n) is 3.53. The van der Waals surface area contributed by atoms with Gasteiger partial charge in [-0.1, -0.05) is 12.1 Å². The molecule has 26 heavy (non-hydrogen) atoms. The summed E-state index contributed by atoms with van der Waals surface area (Å²) in [4.78, 5) is 21.6. The molecule has 1 aromatic heterocycles. The van der Waals surface area contributed by atoms with Crippen LogP contribution < -0.4 is 15.1 Å². The quantitative estimate of drug-likeness (QED) is 0.917. The lowest BCUT2D eigenvalue weighted by molar-refractivity contribution is 0.102. The Morgan fingerprint density at radius 3 is 2.46 bits per heavy atom. The first-order valence-electron chi connectivity index (χ1n) is 9.25. The molecular formula is C20H24N4O2. The average molecular weight is 352 g/mol. The van der Waals surface area contributed by atoms with Gasteiger partial charge in [-0.25, -0.2) is 4.98 Å². The molecule has 136 valence electrons. The Labute approximate surface area is 153 Å². The molecule has 2 aliphatic heterocycles. The van der Waals surface area contributed by atoms with Gasteiger partial charge in [0.25, 0.3) is 5.91 Å². The van der Waals surface area contributed by atoms with Crippen molar-refractivity contribution in [2.24, 2.45) is 0 Å². The first kappa shape index (κ1) is 16.8. The van der Waals surface area contributed by atoms with Gasteiger partial charge >= 0.3 is 0 Å². The van der Waals surface area contributed by atoms with Gasteiger partial charge in [0.1, 0.15) is 5.69 Å². The summed E-state index contributed by atoms with van der Waals surface area (Å²) in [6.45, 7) is 5.22. The van der Waals surface area contributed by atoms with E-state index in [1.807, 2.05) is 30.3 Å². The Morgan fingerprint density at radius 2 is 1.73 bits per heavy atom. The van der Waals surface area contributed by atoms with Gasteiger partial charge in [-0.05, 0) is 37.1 Å². The van der Waals surface area contributed by atoms with Crippen molar-refractivity contribution in [3.05, 3.63) is 48.3 Å². The zero-order valence-electron chi connectivity index (χ0n) is 14.9. The topological polar surface area (TPSA) is 57.7 Å². The summed E-state index contributed by atoms with van der Waals surface area (Å²) in [5.74, 6) is -0.182. The molecule has 2 fully saturated rings. The third-order valence-electron chi connectivity index (χ3n) is 4.96. The Kier molecular flexibility index (Phi) is 5.02. The van der Waals surface area contributed by atoms with Crippen LogP contribution in [0.25, 0.3) is 0 Å². The number of carbonyl (C=O) groups excluding carboxylic acids is 1. The smallest absolute Gasteiger partial charge is 0.274 e. The summed E-state index contributed by atoms with van der Waals surface area (Å²) < 4.78 is 5.42. The van der Waals surface area contributed by atoms with Crippen LogP contribution in [0.4, 0.5) is 17.1 Å². The lowest BCUT2D eigenvalue weighted by atomic mass is 10.2. The van der Waals surface area contributed by atoms with Crippen LogP contribution in [0.15, 0.2) is 42.6 Å². The van der Waals surface area contributed by atoms with E-state index in [9.17, 15) is 4.79 Å². The molecule has 2 saturated heterocycles. The average Bonchev–Trinajstić information content (AvgIpc) is 3.24. The number of pyridine rings is 1. The van der Waals surface area contributed by atoms with Crippen molar-refractivity contribution in [2.75, 3.05) is 54.5 Å². The number of carbonyl (C=O) groups is 1. The van der Waals surface area contributed by atoms with Crippen molar-refractivity contribution in [3.63, 3.8) is 0 Å². The molecule has 0 radical (unpaired) electrons. The zero-order valence-corrected chi connectivity index (χ0v) is 14.9. The number of nitrogens with one attached hydrogen (secondary N) is 1. The lowest BCUT2D eigenvalue weighted by Gasteiger charge is -2.30. The molecule has 2 aromatic rings. The molecule has 6 heteroatoms. The van der Waals surface area contributed by atoms with Gasteiger partial charge in [0.2, 0.25) is 0 Å². The van der Waals surface area contributed by atoms with Crippen LogP contribution in [0, 0.1) is 0 Å². The second kappa shape index (κ2) is 7.74. The van der Waals surface area contributed by atoms with Crippen LogP contribution in [0.1, 0.15) is 23.3 Å². The van der Waals surface area contributed by atoms with Crippen LogP contribution in [0.2, 0.25) is 0 Å². The van der Waals surface area contributed by atoms with Gasteiger partial charge in [-0.3, -0.25) is 4.79 Å². The lowest BCUT2D eigenvalue weighted by Crippen LogP contribution is -2.36. The van der Waals surface area contributed by atoms with E-state index in [4.69, 9.17) is 4.74 Å². The molecular weight excluding hydrogens is 328 g/mol. The zero-order chi connectivity index (χ0) is 17.8. The molecule has 4 rings (SSSR count). The summed E-state index contributed by atoms with van der Waals surface area (Å²) >= 11 is 0. The molecule has 0 bridgehead atoms. The second-order valence-electron chi connectivity index (χ2n) is 6.67. The maximum absolute atomic E-state index is 12.7. The predicted molar refractivity (Wildman–Crippen MR) is 103 cm³/mol. The van der Waals surface area contributed by atoms with Crippen molar-refractivity contribution in [3.8, 4) is 0 Å². The Bertz CT molecular complexity index is 751. The molecule has 2 aliphatic rings. The summed E-state index contributed by atoms with van der Waals surface area (Å²) in [6.07, 6.45) is 4.25. The molecule has 1 amide bonds. The number of aromatic nitrogens is 1. The van der Waals surface area contributed by atoms with Crippen molar-refractivity contribution in [2.45, 2.75) is 12.8 Å². The molecule has 1 N–H and O–H groups in total. The minimum atomic E-state index is -0.182. The van der Waals surface area contributed by atoms with Crippen molar-refractivity contribution in [1.29, 1.82) is 0 Å². The van der Waals surface area contributed by atoms with E-state index in [2.05, 4.69) is 20.1 Å². The molecule has 1 aromatic carbocycles. The molecule has 3 heterocycles. The maximum Gasteiger partial charge on any atom is 0.274 e. The highest BCUT2D eigenvalue weighted by Crippen LogP contribution is 2.27. The number of nitrogens with zero attached hydrogens (tertiary/aromatic N) is 3. The number of para-hydroxylation sites is 2. The van der Waals surface area contributed by atoms with Gasteiger partial charge in [-0.15, -0.1) is 0 Å². The van der Waals surface area contributed by atoms with Crippen LogP contribution in [0.3, 0.4) is 0 Å². The molecule has 0 aliphatic carbocycles. The fraction of sp³-hybridized carbons (Fsp3) is 0.400. The Morgan fingerprint density at radius 1 is 0.962 bits per heavy atom. The third-order valence-corrected chi connectivity index (χ3v) is 4.96. The predicted octanol–water partition coefficient (Wildman–Crippen LogP) is 2.77. The first-order valence-corrected chi connectivity index (χ1v) is 9.25. The van der Waals surface area contributed by atoms with Gasteiger partial charge in [0.05, 0.1) is 36.5 Å². The number of benzene rings is 1. The van der Waals surface area contributed by atoms with E-state index in [0.29, 0.717) is 18.9 Å². The molecule has 0 unspecified atom stereocenters. The first-order chi connectivity index (χ1) is 12.8. The highest BCUT2D eigenvalue weighted by atomic mass is 16.5. The van der Waals surface area contributed by atoms with E-state index < -0.39 is 0 Å². The van der Waals surface area contributed by atoms with Crippen LogP contribution in [-0.4, -0.2) is 50.3 Å². The number of anilines is 3. The monoisotopic (exact) mass is 352 g/mol. The van der Waals surface area contributed by atoms with E-state index in [1.54, 1.807) is 12.3 Å². The largest absolute Gasteiger partial charge is 0.378 e. The Hall–Kier alpha value is -2.60. The van der Waals surface area contributed by atoms with Crippen molar-refractivity contribution in [1.82, 2.24) is 4.98 Å². The van der Waals surface area contributed by atoms with E-state index in [0.717, 1.165) is 43.2 Å². The highest BCUT2D eigenvalue weighted by Gasteiger charge is 2.17.